The van der Waals surface area contributed by atoms with Crippen molar-refractivity contribution >= 4 is 6.09 Å². The van der Waals surface area contributed by atoms with Crippen LogP contribution < -0.4 is 5.32 Å². The van der Waals surface area contributed by atoms with Crippen molar-refractivity contribution in [2.45, 2.75) is 104 Å². The van der Waals surface area contributed by atoms with Crippen LogP contribution in [-0.2, 0) is 4.74 Å². The second kappa shape index (κ2) is 13.3. The van der Waals surface area contributed by atoms with E-state index in [-0.39, 0.29) is 18.1 Å². The van der Waals surface area contributed by atoms with Crippen molar-refractivity contribution in [2.24, 2.45) is 5.92 Å². The van der Waals surface area contributed by atoms with E-state index >= 15 is 0 Å². The average Bonchev–Trinajstić information content (AvgIpc) is 2.97. The second-order valence-corrected chi connectivity index (χ2v) is 11.3. The number of nitrogens with one attached hydrogen (secondary N) is 1. The van der Waals surface area contributed by atoms with Gasteiger partial charge in [0, 0.05) is 12.0 Å². The number of amides is 1. The van der Waals surface area contributed by atoms with Crippen molar-refractivity contribution in [1.29, 1.82) is 5.26 Å². The summed E-state index contributed by atoms with van der Waals surface area (Å²) in [5.41, 5.74) is 14.0. The van der Waals surface area contributed by atoms with Crippen molar-refractivity contribution in [3.05, 3.63) is 81.9 Å². The maximum absolute atomic E-state index is 12.5. The molecule has 0 aliphatic heterocycles. The molecule has 3 aliphatic carbocycles. The molecule has 0 aromatic carbocycles. The van der Waals surface area contributed by atoms with Gasteiger partial charge in [0.1, 0.15) is 5.60 Å². The lowest BCUT2D eigenvalue weighted by atomic mass is 9.87. The molecule has 3 aliphatic rings. The fourth-order valence-corrected chi connectivity index (χ4v) is 5.09. The topological polar surface area (TPSA) is 62.1 Å². The van der Waals surface area contributed by atoms with Gasteiger partial charge >= 0.3 is 6.09 Å². The summed E-state index contributed by atoms with van der Waals surface area (Å²) in [7, 11) is 0. The molecule has 0 heterocycles. The van der Waals surface area contributed by atoms with E-state index < -0.39 is 5.60 Å². The first-order valence-corrected chi connectivity index (χ1v) is 13.7. The van der Waals surface area contributed by atoms with Crippen molar-refractivity contribution < 1.29 is 9.53 Å². The molecule has 0 aromatic heterocycles. The van der Waals surface area contributed by atoms with Gasteiger partial charge < -0.3 is 10.1 Å². The van der Waals surface area contributed by atoms with Gasteiger partial charge in [0.15, 0.2) is 0 Å². The molecular formula is C33H42N2O2. The normalized spacial score (nSPS) is 20.6. The van der Waals surface area contributed by atoms with Crippen molar-refractivity contribution in [3.63, 3.8) is 0 Å². The highest BCUT2D eigenvalue weighted by molar-refractivity contribution is 5.68. The Labute approximate surface area is 223 Å². The molecule has 2 atom stereocenters. The van der Waals surface area contributed by atoms with Crippen LogP contribution in [0.25, 0.3) is 0 Å². The molecule has 0 saturated heterocycles. The first-order valence-electron chi connectivity index (χ1n) is 13.7. The predicted octanol–water partition coefficient (Wildman–Crippen LogP) is 8.48. The molecule has 4 nitrogen and oxygen atoms in total. The summed E-state index contributed by atoms with van der Waals surface area (Å²) in [6.45, 7) is 12.1. The Morgan fingerprint density at radius 1 is 1.24 bits per heavy atom. The minimum atomic E-state index is -0.517. The van der Waals surface area contributed by atoms with Crippen molar-refractivity contribution in [1.82, 2.24) is 5.32 Å². The van der Waals surface area contributed by atoms with Gasteiger partial charge in [-0.25, -0.2) is 4.79 Å². The molecule has 1 N–H and O–H groups in total. The maximum atomic E-state index is 12.5. The number of hydrogen-bond acceptors (Lipinski definition) is 3. The van der Waals surface area contributed by atoms with Crippen LogP contribution in [0.4, 0.5) is 4.79 Å². The zero-order chi connectivity index (χ0) is 26.8. The summed E-state index contributed by atoms with van der Waals surface area (Å²) >= 11 is 0. The van der Waals surface area contributed by atoms with Crippen LogP contribution in [0, 0.1) is 17.2 Å². The van der Waals surface area contributed by atoms with Crippen LogP contribution in [0.2, 0.25) is 0 Å². The minimum absolute atomic E-state index is 0.000613. The number of nitriles is 1. The largest absolute Gasteiger partial charge is 0.444 e. The molecule has 0 bridgehead atoms. The highest BCUT2D eigenvalue weighted by atomic mass is 16.6. The van der Waals surface area contributed by atoms with Crippen LogP contribution >= 0.6 is 0 Å². The Morgan fingerprint density at radius 3 is 2.76 bits per heavy atom. The number of rotatable bonds is 6. The van der Waals surface area contributed by atoms with E-state index in [1.807, 2.05) is 26.8 Å². The monoisotopic (exact) mass is 498 g/mol. The molecular weight excluding hydrogens is 456 g/mol. The molecule has 1 fully saturated rings. The lowest BCUT2D eigenvalue weighted by molar-refractivity contribution is 0.0500. The number of allylic oxidation sites excluding steroid dienone is 9. The molecule has 0 radical (unpaired) electrons. The van der Waals surface area contributed by atoms with E-state index in [9.17, 15) is 10.1 Å². The van der Waals surface area contributed by atoms with Gasteiger partial charge in [-0.2, -0.15) is 5.26 Å². The van der Waals surface area contributed by atoms with Gasteiger partial charge in [-0.15, -0.1) is 11.5 Å². The summed E-state index contributed by atoms with van der Waals surface area (Å²) in [5.74, 6) is 0.000613. The average molecular weight is 499 g/mol. The van der Waals surface area contributed by atoms with Gasteiger partial charge in [-0.05, 0) is 131 Å². The third-order valence-corrected chi connectivity index (χ3v) is 7.03. The molecule has 2 unspecified atom stereocenters. The summed E-state index contributed by atoms with van der Waals surface area (Å²) in [6, 6.07) is 2.48. The van der Waals surface area contributed by atoms with Crippen molar-refractivity contribution in [2.75, 3.05) is 0 Å². The van der Waals surface area contributed by atoms with E-state index in [0.29, 0.717) is 0 Å². The molecule has 37 heavy (non-hydrogen) atoms. The van der Waals surface area contributed by atoms with E-state index in [1.165, 1.54) is 27.9 Å². The quantitative estimate of drug-likeness (QED) is 0.295. The predicted molar refractivity (Wildman–Crippen MR) is 151 cm³/mol. The molecule has 0 aromatic rings. The highest BCUT2D eigenvalue weighted by Crippen LogP contribution is 2.36. The lowest BCUT2D eigenvalue weighted by Gasteiger charge is -2.22. The van der Waals surface area contributed by atoms with E-state index in [0.717, 1.165) is 69.8 Å². The summed E-state index contributed by atoms with van der Waals surface area (Å²) in [5, 5.41) is 12.6. The molecule has 4 heteroatoms. The van der Waals surface area contributed by atoms with Gasteiger partial charge in [-0.1, -0.05) is 31.2 Å². The number of nitrogens with zero attached hydrogens (tertiary/aromatic N) is 1. The van der Waals surface area contributed by atoms with Crippen LogP contribution in [0.15, 0.2) is 81.9 Å². The second-order valence-electron chi connectivity index (χ2n) is 11.3. The molecule has 1 saturated carbocycles. The SMILES string of the molecule is C=C(CC1=C2CCC(NC(=O)OC(C)(C)C)CCC2=C=CCC2=CC=C=CCCC2=C1)CC(C#N)CC. The minimum Gasteiger partial charge on any atom is -0.444 e. The molecule has 1 amide bonds. The number of alkyl carbamates (subject to hydrolysis) is 1. The van der Waals surface area contributed by atoms with Gasteiger partial charge in [0.05, 0.1) is 6.07 Å². The number of hydrogen-bond donors (Lipinski definition) is 1. The highest BCUT2D eigenvalue weighted by Gasteiger charge is 2.25. The van der Waals surface area contributed by atoms with Crippen LogP contribution in [0.3, 0.4) is 0 Å². The summed E-state index contributed by atoms with van der Waals surface area (Å²) < 4.78 is 5.51. The summed E-state index contributed by atoms with van der Waals surface area (Å²) in [4.78, 5) is 12.5. The van der Waals surface area contributed by atoms with E-state index in [4.69, 9.17) is 4.74 Å². The molecule has 0 spiro atoms. The third-order valence-electron chi connectivity index (χ3n) is 7.03. The standard InChI is InChI=1S/C33H42N2O2/c1-6-25(23-34)20-24(2)21-29-22-28-13-10-8-7-9-12-26(28)14-11-15-27-16-17-30(18-19-31(27)29)35-32(36)37-33(3,4)5/h8-9,11-12,22,25,30H,2,6,10,13-14,16-21H2,1,3-5H3,(H,35,36). The number of carbonyl (C=O) groups is 1. The van der Waals surface area contributed by atoms with Crippen LogP contribution in [0.5, 0.6) is 0 Å². The number of fused-ring (bicyclic) bond motifs is 2. The van der Waals surface area contributed by atoms with E-state index in [1.54, 1.807) is 0 Å². The van der Waals surface area contributed by atoms with Crippen molar-refractivity contribution in [3.8, 4) is 6.07 Å². The Balaban J connectivity index is 1.96. The van der Waals surface area contributed by atoms with Gasteiger partial charge in [0.25, 0.3) is 0 Å². The Hall–Kier alpha value is -3.24. The lowest BCUT2D eigenvalue weighted by Crippen LogP contribution is -2.38. The first kappa shape index (κ1) is 28.3. The Kier molecular flexibility index (Phi) is 10.2. The number of carbonyl (C=O) groups excluding carboxylic acids is 1. The Morgan fingerprint density at radius 2 is 2.03 bits per heavy atom. The first-order chi connectivity index (χ1) is 17.7. The van der Waals surface area contributed by atoms with Gasteiger partial charge in [0.2, 0.25) is 0 Å². The number of ether oxygens (including phenoxy) is 1. The summed E-state index contributed by atoms with van der Waals surface area (Å²) in [6.07, 6.45) is 19.0. The zero-order valence-corrected chi connectivity index (χ0v) is 23.1. The van der Waals surface area contributed by atoms with Crippen LogP contribution in [0.1, 0.15) is 91.9 Å². The smallest absolute Gasteiger partial charge is 0.407 e. The molecule has 196 valence electrons. The van der Waals surface area contributed by atoms with E-state index in [2.05, 4.69) is 60.7 Å². The molecule has 3 rings (SSSR count). The fraction of sp³-hybridized carbons (Fsp3) is 0.515. The Bertz CT molecular complexity index is 1150. The van der Waals surface area contributed by atoms with Gasteiger partial charge in [-0.3, -0.25) is 0 Å². The fourth-order valence-electron chi connectivity index (χ4n) is 5.09. The third kappa shape index (κ3) is 8.98. The maximum Gasteiger partial charge on any atom is 0.407 e. The van der Waals surface area contributed by atoms with Crippen LogP contribution in [-0.4, -0.2) is 17.7 Å². The zero-order valence-electron chi connectivity index (χ0n) is 23.1.